The standard InChI is InChI=1S/C31H38N2O9/c1-5-6-11-18(2)16-23-27(42-29(37)21-12-8-7-9-13-21)20(4)41-31(39)25(19(3)40-30(23)38)33-28(36)22-14-10-15-24(26(22)35)32-17-34/h7-10,12-15,17-20,23,25,27,35H,5-6,11,16H2,1-4H3,(H,32,34)(H,33,36)/t18-,19-,20+,23-,25+,27+/m1/s1. The minimum atomic E-state index is -1.45. The minimum absolute atomic E-state index is 0.00843. The Bertz CT molecular complexity index is 1270. The second-order valence-electron chi connectivity index (χ2n) is 10.5. The monoisotopic (exact) mass is 582 g/mol. The number of para-hydroxylation sites is 1. The number of ether oxygens (including phenoxy) is 3. The minimum Gasteiger partial charge on any atom is -0.505 e. The maximum absolute atomic E-state index is 13.6. The molecular weight excluding hydrogens is 544 g/mol. The van der Waals surface area contributed by atoms with Crippen LogP contribution in [-0.2, 0) is 28.6 Å². The molecule has 0 saturated carbocycles. The smallest absolute Gasteiger partial charge is 0.338 e. The largest absolute Gasteiger partial charge is 0.505 e. The molecule has 1 saturated heterocycles. The maximum atomic E-state index is 13.6. The van der Waals surface area contributed by atoms with Crippen molar-refractivity contribution in [3.8, 4) is 5.75 Å². The molecule has 1 fully saturated rings. The summed E-state index contributed by atoms with van der Waals surface area (Å²) in [6.45, 7) is 7.02. The summed E-state index contributed by atoms with van der Waals surface area (Å²) in [6, 6.07) is 10.9. The third-order valence-corrected chi connectivity index (χ3v) is 7.23. The van der Waals surface area contributed by atoms with Crippen molar-refractivity contribution in [1.29, 1.82) is 0 Å². The molecule has 2 aromatic carbocycles. The Kier molecular flexibility index (Phi) is 11.5. The second-order valence-corrected chi connectivity index (χ2v) is 10.5. The highest BCUT2D eigenvalue weighted by Crippen LogP contribution is 2.30. The molecule has 0 bridgehead atoms. The Morgan fingerprint density at radius 2 is 1.71 bits per heavy atom. The lowest BCUT2D eigenvalue weighted by molar-refractivity contribution is -0.161. The van der Waals surface area contributed by atoms with Gasteiger partial charge >= 0.3 is 17.9 Å². The summed E-state index contributed by atoms with van der Waals surface area (Å²) in [4.78, 5) is 63.9. The molecule has 0 radical (unpaired) electrons. The number of amides is 2. The van der Waals surface area contributed by atoms with Gasteiger partial charge in [0.15, 0.2) is 17.9 Å². The highest BCUT2D eigenvalue weighted by molar-refractivity contribution is 6.01. The molecule has 11 nitrogen and oxygen atoms in total. The maximum Gasteiger partial charge on any atom is 0.338 e. The fourth-order valence-corrected chi connectivity index (χ4v) is 4.90. The van der Waals surface area contributed by atoms with E-state index in [4.69, 9.17) is 14.2 Å². The van der Waals surface area contributed by atoms with E-state index in [1.54, 1.807) is 30.3 Å². The van der Waals surface area contributed by atoms with E-state index in [1.165, 1.54) is 32.0 Å². The number of hydrogen-bond acceptors (Lipinski definition) is 9. The summed E-state index contributed by atoms with van der Waals surface area (Å²) in [5.41, 5.74) is 0.0379. The first-order valence-electron chi connectivity index (χ1n) is 14.1. The van der Waals surface area contributed by atoms with Gasteiger partial charge in [0.25, 0.3) is 5.91 Å². The van der Waals surface area contributed by atoms with Crippen molar-refractivity contribution in [1.82, 2.24) is 5.32 Å². The van der Waals surface area contributed by atoms with Crippen LogP contribution >= 0.6 is 0 Å². The highest BCUT2D eigenvalue weighted by atomic mass is 16.6. The van der Waals surface area contributed by atoms with Gasteiger partial charge in [-0.05, 0) is 50.5 Å². The summed E-state index contributed by atoms with van der Waals surface area (Å²) in [7, 11) is 0. The summed E-state index contributed by atoms with van der Waals surface area (Å²) in [5.74, 6) is -4.54. The van der Waals surface area contributed by atoms with E-state index in [0.29, 0.717) is 12.8 Å². The van der Waals surface area contributed by atoms with Crippen LogP contribution in [-0.4, -0.2) is 59.7 Å². The quantitative estimate of drug-likeness (QED) is 0.154. The van der Waals surface area contributed by atoms with Crippen molar-refractivity contribution < 1.29 is 43.3 Å². The normalized spacial score (nSPS) is 23.2. The molecule has 11 heteroatoms. The van der Waals surface area contributed by atoms with Crippen molar-refractivity contribution in [3.05, 3.63) is 59.7 Å². The lowest BCUT2D eigenvalue weighted by Gasteiger charge is -2.30. The van der Waals surface area contributed by atoms with Crippen molar-refractivity contribution in [2.45, 2.75) is 77.7 Å². The van der Waals surface area contributed by atoms with E-state index in [1.807, 2.05) is 6.92 Å². The van der Waals surface area contributed by atoms with Crippen LogP contribution in [0.3, 0.4) is 0 Å². The lowest BCUT2D eigenvalue weighted by Crippen LogP contribution is -2.50. The molecule has 42 heavy (non-hydrogen) atoms. The zero-order valence-corrected chi connectivity index (χ0v) is 24.2. The third kappa shape index (κ3) is 8.08. The molecule has 2 amide bonds. The Morgan fingerprint density at radius 3 is 2.38 bits per heavy atom. The molecule has 3 rings (SSSR count). The van der Waals surface area contributed by atoms with Gasteiger partial charge in [-0.2, -0.15) is 0 Å². The molecule has 226 valence electrons. The molecule has 0 aliphatic carbocycles. The molecule has 1 aliphatic rings. The first kappa shape index (κ1) is 32.1. The summed E-state index contributed by atoms with van der Waals surface area (Å²) in [5, 5.41) is 15.2. The second kappa shape index (κ2) is 15.0. The molecule has 3 N–H and O–H groups in total. The number of phenolic OH excluding ortho intramolecular Hbond substituents is 1. The van der Waals surface area contributed by atoms with Crippen molar-refractivity contribution in [2.75, 3.05) is 5.32 Å². The zero-order valence-electron chi connectivity index (χ0n) is 24.2. The summed E-state index contributed by atoms with van der Waals surface area (Å²) >= 11 is 0. The van der Waals surface area contributed by atoms with Crippen LogP contribution in [0.4, 0.5) is 5.69 Å². The van der Waals surface area contributed by atoms with Gasteiger partial charge < -0.3 is 30.0 Å². The number of esters is 3. The van der Waals surface area contributed by atoms with E-state index in [0.717, 1.165) is 19.3 Å². The van der Waals surface area contributed by atoms with Gasteiger partial charge in [0, 0.05) is 0 Å². The van der Waals surface area contributed by atoms with Crippen LogP contribution in [0.25, 0.3) is 0 Å². The molecule has 0 aromatic heterocycles. The van der Waals surface area contributed by atoms with E-state index < -0.39 is 59.8 Å². The molecule has 1 heterocycles. The molecule has 6 atom stereocenters. The number of anilines is 1. The van der Waals surface area contributed by atoms with Gasteiger partial charge in [-0.25, -0.2) is 9.59 Å². The first-order valence-corrected chi connectivity index (χ1v) is 14.1. The average molecular weight is 583 g/mol. The highest BCUT2D eigenvalue weighted by Gasteiger charge is 2.44. The number of carbonyl (C=O) groups excluding carboxylic acids is 5. The van der Waals surface area contributed by atoms with Gasteiger partial charge in [-0.15, -0.1) is 0 Å². The van der Waals surface area contributed by atoms with Gasteiger partial charge in [0.2, 0.25) is 6.41 Å². The van der Waals surface area contributed by atoms with E-state index in [2.05, 4.69) is 17.6 Å². The Hall–Kier alpha value is -4.41. The topological polar surface area (TPSA) is 157 Å². The number of hydrogen-bond donors (Lipinski definition) is 3. The Morgan fingerprint density at radius 1 is 1.02 bits per heavy atom. The van der Waals surface area contributed by atoms with E-state index >= 15 is 0 Å². The fourth-order valence-electron chi connectivity index (χ4n) is 4.90. The zero-order chi connectivity index (χ0) is 30.8. The molecule has 1 aliphatic heterocycles. The predicted molar refractivity (Wildman–Crippen MR) is 153 cm³/mol. The average Bonchev–Trinajstić information content (AvgIpc) is 2.99. The number of unbranched alkanes of at least 4 members (excludes halogenated alkanes) is 1. The molecular formula is C31H38N2O9. The first-order chi connectivity index (χ1) is 20.1. The number of nitrogens with one attached hydrogen (secondary N) is 2. The van der Waals surface area contributed by atoms with Crippen LogP contribution < -0.4 is 10.6 Å². The van der Waals surface area contributed by atoms with E-state index in [-0.39, 0.29) is 22.7 Å². The number of cyclic esters (lactones) is 2. The van der Waals surface area contributed by atoms with Crippen molar-refractivity contribution >= 4 is 35.9 Å². The predicted octanol–water partition coefficient (Wildman–Crippen LogP) is 3.99. The van der Waals surface area contributed by atoms with Crippen LogP contribution in [0.15, 0.2) is 48.5 Å². The van der Waals surface area contributed by atoms with Crippen LogP contribution in [0.2, 0.25) is 0 Å². The Balaban J connectivity index is 1.91. The van der Waals surface area contributed by atoms with Crippen molar-refractivity contribution in [3.63, 3.8) is 0 Å². The number of aromatic hydroxyl groups is 1. The van der Waals surface area contributed by atoms with Crippen molar-refractivity contribution in [2.24, 2.45) is 11.8 Å². The molecule has 0 unspecified atom stereocenters. The van der Waals surface area contributed by atoms with Gasteiger partial charge in [0.1, 0.15) is 12.2 Å². The molecule has 2 aromatic rings. The van der Waals surface area contributed by atoms with Gasteiger partial charge in [-0.3, -0.25) is 14.4 Å². The Labute approximate surface area is 244 Å². The third-order valence-electron chi connectivity index (χ3n) is 7.23. The lowest BCUT2D eigenvalue weighted by atomic mass is 9.86. The number of benzene rings is 2. The van der Waals surface area contributed by atoms with E-state index in [9.17, 15) is 29.1 Å². The van der Waals surface area contributed by atoms with Gasteiger partial charge in [0.05, 0.1) is 22.7 Å². The summed E-state index contributed by atoms with van der Waals surface area (Å²) in [6.07, 6.45) is 0.0252. The number of phenols is 1. The fraction of sp³-hybridized carbons (Fsp3) is 0.452. The van der Waals surface area contributed by atoms with Crippen LogP contribution in [0.5, 0.6) is 5.75 Å². The van der Waals surface area contributed by atoms with Gasteiger partial charge in [-0.1, -0.05) is 57.4 Å². The van der Waals surface area contributed by atoms with Crippen LogP contribution in [0.1, 0.15) is 74.1 Å². The molecule has 0 spiro atoms. The SMILES string of the molecule is CCCC[C@@H](C)C[C@H]1C(=O)O[C@H](C)[C@H](NC(=O)c2cccc(NC=O)c2O)C(=O)O[C@@H](C)[C@@H]1OC(=O)c1ccccc1. The number of rotatable bonds is 11. The summed E-state index contributed by atoms with van der Waals surface area (Å²) < 4.78 is 17.2. The number of carbonyl (C=O) groups is 5. The van der Waals surface area contributed by atoms with Crippen LogP contribution in [0, 0.1) is 11.8 Å².